The minimum absolute atomic E-state index is 0.0185. The fourth-order valence-electron chi connectivity index (χ4n) is 2.27. The molecule has 0 aliphatic rings. The zero-order valence-corrected chi connectivity index (χ0v) is 14.5. The van der Waals surface area contributed by atoms with Crippen molar-refractivity contribution in [3.8, 4) is 0 Å². The quantitative estimate of drug-likeness (QED) is 0.491. The van der Waals surface area contributed by atoms with E-state index in [2.05, 4.69) is 20.6 Å². The Balaban J connectivity index is 1.91. The number of alkyl halides is 3. The summed E-state index contributed by atoms with van der Waals surface area (Å²) < 4.78 is 66.0. The van der Waals surface area contributed by atoms with Crippen LogP contribution in [-0.2, 0) is 6.18 Å². The monoisotopic (exact) mass is 415 g/mol. The smallest absolute Gasteiger partial charge is 0.393 e. The lowest BCUT2D eigenvalue weighted by Gasteiger charge is -2.15. The summed E-state index contributed by atoms with van der Waals surface area (Å²) in [5.41, 5.74) is 4.55. The van der Waals surface area contributed by atoms with Crippen molar-refractivity contribution in [2.75, 3.05) is 16.4 Å². The van der Waals surface area contributed by atoms with Crippen molar-refractivity contribution in [3.05, 3.63) is 64.9 Å². The average molecular weight is 416 g/mol. The third-order valence-corrected chi connectivity index (χ3v) is 3.93. The summed E-state index contributed by atoms with van der Waals surface area (Å²) in [6, 6.07) is 5.93. The number of rotatable bonds is 4. The molecule has 3 aromatic rings. The van der Waals surface area contributed by atoms with Gasteiger partial charge in [-0.3, -0.25) is 0 Å². The topological polar surface area (TPSA) is 75.9 Å². The number of hydrogen-bond donors (Lipinski definition) is 3. The molecule has 28 heavy (non-hydrogen) atoms. The van der Waals surface area contributed by atoms with Gasteiger partial charge >= 0.3 is 6.18 Å². The lowest BCUT2D eigenvalue weighted by atomic mass is 10.2. The Morgan fingerprint density at radius 1 is 0.929 bits per heavy atom. The molecular weight excluding hydrogens is 405 g/mol. The number of nitrogens with zero attached hydrogens (tertiary/aromatic N) is 2. The van der Waals surface area contributed by atoms with Gasteiger partial charge in [0.05, 0.1) is 16.3 Å². The first kappa shape index (κ1) is 19.6. The Kier molecular flexibility index (Phi) is 5.23. The molecule has 0 spiro atoms. The zero-order chi connectivity index (χ0) is 20.5. The van der Waals surface area contributed by atoms with Crippen LogP contribution in [0.3, 0.4) is 0 Å². The number of hydrogen-bond acceptors (Lipinski definition) is 5. The van der Waals surface area contributed by atoms with Crippen LogP contribution in [0.4, 0.5) is 50.6 Å². The summed E-state index contributed by atoms with van der Waals surface area (Å²) in [7, 11) is 0. The van der Waals surface area contributed by atoms with Crippen molar-refractivity contribution in [1.29, 1.82) is 0 Å². The van der Waals surface area contributed by atoms with E-state index >= 15 is 0 Å². The van der Waals surface area contributed by atoms with E-state index in [9.17, 15) is 22.0 Å². The number of nitrogen functional groups attached to an aromatic ring is 1. The van der Waals surface area contributed by atoms with Crippen molar-refractivity contribution in [1.82, 2.24) is 9.97 Å². The molecule has 0 bridgehead atoms. The molecule has 0 saturated carbocycles. The molecule has 146 valence electrons. The minimum Gasteiger partial charge on any atom is -0.393 e. The standard InChI is InChI=1S/C17H11ClF5N5/c18-11-3-2-9(6-10(11)17(21,22)23)27-15-14(24)16(26-7-25-15)28-13-5-8(19)1-4-12(13)20/h1-7H,24H2,(H2,25,26,27,28). The van der Waals surface area contributed by atoms with Gasteiger partial charge in [0.25, 0.3) is 0 Å². The number of nitrogens with one attached hydrogen (secondary N) is 2. The first-order chi connectivity index (χ1) is 13.1. The molecule has 0 radical (unpaired) electrons. The van der Waals surface area contributed by atoms with Crippen LogP contribution in [0.2, 0.25) is 5.02 Å². The highest BCUT2D eigenvalue weighted by Crippen LogP contribution is 2.37. The highest BCUT2D eigenvalue weighted by atomic mass is 35.5. The van der Waals surface area contributed by atoms with Gasteiger partial charge in [0, 0.05) is 11.8 Å². The predicted octanol–water partition coefficient (Wildman–Crippen LogP) is 5.50. The van der Waals surface area contributed by atoms with Crippen molar-refractivity contribution in [3.63, 3.8) is 0 Å². The second-order valence-corrected chi connectivity index (χ2v) is 5.96. The van der Waals surface area contributed by atoms with E-state index in [1.54, 1.807) is 0 Å². The van der Waals surface area contributed by atoms with Gasteiger partial charge in [0.2, 0.25) is 0 Å². The van der Waals surface area contributed by atoms with E-state index in [0.717, 1.165) is 36.7 Å². The number of anilines is 5. The maximum Gasteiger partial charge on any atom is 0.417 e. The Labute approximate surface area is 160 Å². The van der Waals surface area contributed by atoms with Gasteiger partial charge in [-0.15, -0.1) is 0 Å². The first-order valence-electron chi connectivity index (χ1n) is 7.61. The molecule has 0 amide bonds. The van der Waals surface area contributed by atoms with Gasteiger partial charge in [-0.2, -0.15) is 13.2 Å². The first-order valence-corrected chi connectivity index (χ1v) is 7.99. The molecule has 11 heteroatoms. The minimum atomic E-state index is -4.65. The van der Waals surface area contributed by atoms with Gasteiger partial charge < -0.3 is 16.4 Å². The molecular formula is C17H11ClF5N5. The van der Waals surface area contributed by atoms with Crippen LogP contribution in [0.15, 0.2) is 42.7 Å². The third-order valence-electron chi connectivity index (χ3n) is 3.60. The molecule has 0 aliphatic carbocycles. The summed E-state index contributed by atoms with van der Waals surface area (Å²) >= 11 is 5.58. The lowest BCUT2D eigenvalue weighted by molar-refractivity contribution is -0.137. The van der Waals surface area contributed by atoms with E-state index in [4.69, 9.17) is 17.3 Å². The normalized spacial score (nSPS) is 11.4. The van der Waals surface area contributed by atoms with Crippen molar-refractivity contribution < 1.29 is 22.0 Å². The number of aromatic nitrogens is 2. The molecule has 0 atom stereocenters. The fraction of sp³-hybridized carbons (Fsp3) is 0.0588. The van der Waals surface area contributed by atoms with Crippen LogP contribution in [-0.4, -0.2) is 9.97 Å². The van der Waals surface area contributed by atoms with E-state index in [1.807, 2.05) is 0 Å². The van der Waals surface area contributed by atoms with E-state index in [0.29, 0.717) is 0 Å². The molecule has 2 aromatic carbocycles. The maximum atomic E-state index is 13.8. The third kappa shape index (κ3) is 4.22. The van der Waals surface area contributed by atoms with E-state index < -0.39 is 28.4 Å². The van der Waals surface area contributed by atoms with Crippen LogP contribution in [0, 0.1) is 11.6 Å². The van der Waals surface area contributed by atoms with Crippen molar-refractivity contribution in [2.24, 2.45) is 0 Å². The van der Waals surface area contributed by atoms with Crippen LogP contribution < -0.4 is 16.4 Å². The second kappa shape index (κ2) is 7.47. The maximum absolute atomic E-state index is 13.8. The predicted molar refractivity (Wildman–Crippen MR) is 95.8 cm³/mol. The highest BCUT2D eigenvalue weighted by Gasteiger charge is 2.33. The molecule has 0 fully saturated rings. The molecule has 1 heterocycles. The van der Waals surface area contributed by atoms with Gasteiger partial charge in [-0.1, -0.05) is 11.6 Å². The molecule has 0 unspecified atom stereocenters. The summed E-state index contributed by atoms with van der Waals surface area (Å²) in [6.45, 7) is 0. The molecule has 3 rings (SSSR count). The van der Waals surface area contributed by atoms with Crippen LogP contribution in [0.5, 0.6) is 0 Å². The number of nitrogens with two attached hydrogens (primary N) is 1. The summed E-state index contributed by atoms with van der Waals surface area (Å²) in [6.07, 6.45) is -3.59. The summed E-state index contributed by atoms with van der Waals surface area (Å²) in [4.78, 5) is 7.70. The second-order valence-electron chi connectivity index (χ2n) is 5.55. The molecule has 4 N–H and O–H groups in total. The van der Waals surface area contributed by atoms with Crippen LogP contribution in [0.1, 0.15) is 5.56 Å². The lowest BCUT2D eigenvalue weighted by Crippen LogP contribution is -2.08. The van der Waals surface area contributed by atoms with Gasteiger partial charge in [0.15, 0.2) is 11.6 Å². The molecule has 5 nitrogen and oxygen atoms in total. The van der Waals surface area contributed by atoms with Crippen molar-refractivity contribution >= 4 is 40.3 Å². The fourth-order valence-corrected chi connectivity index (χ4v) is 2.50. The van der Waals surface area contributed by atoms with Gasteiger partial charge in [-0.05, 0) is 30.3 Å². The van der Waals surface area contributed by atoms with E-state index in [1.165, 1.54) is 6.07 Å². The molecule has 0 saturated heterocycles. The highest BCUT2D eigenvalue weighted by molar-refractivity contribution is 6.31. The van der Waals surface area contributed by atoms with E-state index in [-0.39, 0.29) is 28.7 Å². The molecule has 1 aromatic heterocycles. The summed E-state index contributed by atoms with van der Waals surface area (Å²) in [5.74, 6) is -1.53. The van der Waals surface area contributed by atoms with Gasteiger partial charge in [-0.25, -0.2) is 18.7 Å². The van der Waals surface area contributed by atoms with Gasteiger partial charge in [0.1, 0.15) is 23.6 Å². The number of benzene rings is 2. The van der Waals surface area contributed by atoms with Crippen LogP contribution in [0.25, 0.3) is 0 Å². The zero-order valence-electron chi connectivity index (χ0n) is 13.8. The van der Waals surface area contributed by atoms with Crippen molar-refractivity contribution in [2.45, 2.75) is 6.18 Å². The Morgan fingerprint density at radius 3 is 2.29 bits per heavy atom. The largest absolute Gasteiger partial charge is 0.417 e. The number of halogens is 6. The van der Waals surface area contributed by atoms with Crippen LogP contribution >= 0.6 is 11.6 Å². The molecule has 0 aliphatic heterocycles. The Hall–Kier alpha value is -3.14. The Bertz CT molecular complexity index is 1030. The Morgan fingerprint density at radius 2 is 1.61 bits per heavy atom. The SMILES string of the molecule is Nc1c(Nc2ccc(Cl)c(C(F)(F)F)c2)ncnc1Nc1cc(F)ccc1F. The average Bonchev–Trinajstić information content (AvgIpc) is 2.62. The summed E-state index contributed by atoms with van der Waals surface area (Å²) in [5, 5.41) is 4.68.